The van der Waals surface area contributed by atoms with E-state index in [0.717, 1.165) is 19.6 Å². The summed E-state index contributed by atoms with van der Waals surface area (Å²) in [4.78, 5) is 27.8. The number of sulfonamides is 1. The lowest BCUT2D eigenvalue weighted by Gasteiger charge is -2.34. The van der Waals surface area contributed by atoms with Crippen molar-refractivity contribution in [2.45, 2.75) is 18.2 Å². The van der Waals surface area contributed by atoms with Crippen molar-refractivity contribution in [3.63, 3.8) is 0 Å². The number of hydrogen-bond donors (Lipinski definition) is 1. The number of aryl methyl sites for hydroxylation is 1. The van der Waals surface area contributed by atoms with Crippen molar-refractivity contribution >= 4 is 27.0 Å². The standard InChI is InChI=1S/C17H24N4O5S/c1-3-20-8-10-21(11-9-20)16(22)6-7-18-27(24,25)13-4-5-14-15(12-13)26-17(23)19(14)2/h4-5,12,18H,3,6-11H2,1-2H3. The van der Waals surface area contributed by atoms with E-state index in [1.807, 2.05) is 0 Å². The van der Waals surface area contributed by atoms with E-state index in [1.54, 1.807) is 11.9 Å². The lowest BCUT2D eigenvalue weighted by atomic mass is 10.3. The summed E-state index contributed by atoms with van der Waals surface area (Å²) in [6.07, 6.45) is 0.105. The second-order valence-corrected chi connectivity index (χ2v) is 8.29. The lowest BCUT2D eigenvalue weighted by Crippen LogP contribution is -2.49. The van der Waals surface area contributed by atoms with Crippen LogP contribution in [0, 0.1) is 0 Å². The number of likely N-dealkylation sites (N-methyl/N-ethyl adjacent to an activating group) is 1. The molecule has 148 valence electrons. The smallest absolute Gasteiger partial charge is 0.408 e. The van der Waals surface area contributed by atoms with E-state index in [4.69, 9.17) is 4.42 Å². The number of oxazole rings is 1. The van der Waals surface area contributed by atoms with Gasteiger partial charge in [0.1, 0.15) is 0 Å². The van der Waals surface area contributed by atoms with Crippen molar-refractivity contribution in [2.24, 2.45) is 7.05 Å². The van der Waals surface area contributed by atoms with Crippen molar-refractivity contribution in [2.75, 3.05) is 39.3 Å². The molecule has 0 aliphatic carbocycles. The molecule has 1 aliphatic heterocycles. The molecule has 0 radical (unpaired) electrons. The first kappa shape index (κ1) is 19.6. The predicted molar refractivity (Wildman–Crippen MR) is 100.0 cm³/mol. The molecule has 10 heteroatoms. The number of hydrogen-bond acceptors (Lipinski definition) is 6. The topological polar surface area (TPSA) is 105 Å². The molecule has 3 rings (SSSR count). The monoisotopic (exact) mass is 396 g/mol. The second kappa shape index (κ2) is 7.83. The fourth-order valence-corrected chi connectivity index (χ4v) is 4.18. The maximum Gasteiger partial charge on any atom is 0.419 e. The molecule has 1 amide bonds. The van der Waals surface area contributed by atoms with Crippen molar-refractivity contribution in [1.82, 2.24) is 19.1 Å². The molecule has 0 saturated carbocycles. The molecule has 0 bridgehead atoms. The average molecular weight is 396 g/mol. The van der Waals surface area contributed by atoms with Crippen LogP contribution in [-0.2, 0) is 21.9 Å². The summed E-state index contributed by atoms with van der Waals surface area (Å²) < 4.78 is 33.6. The van der Waals surface area contributed by atoms with E-state index in [2.05, 4.69) is 16.5 Å². The van der Waals surface area contributed by atoms with Gasteiger partial charge in [0.15, 0.2) is 5.58 Å². The first-order chi connectivity index (χ1) is 12.8. The van der Waals surface area contributed by atoms with Crippen LogP contribution in [-0.4, -0.2) is 68.0 Å². The molecule has 9 nitrogen and oxygen atoms in total. The first-order valence-electron chi connectivity index (χ1n) is 8.91. The van der Waals surface area contributed by atoms with Gasteiger partial charge in [-0.2, -0.15) is 0 Å². The van der Waals surface area contributed by atoms with E-state index in [1.165, 1.54) is 22.8 Å². The predicted octanol–water partition coefficient (Wildman–Crippen LogP) is -0.0360. The Kier molecular flexibility index (Phi) is 5.68. The Morgan fingerprint density at radius 3 is 2.59 bits per heavy atom. The molecule has 2 heterocycles. The van der Waals surface area contributed by atoms with Crippen LogP contribution in [0.2, 0.25) is 0 Å². The fourth-order valence-electron chi connectivity index (χ4n) is 3.13. The number of nitrogens with one attached hydrogen (secondary N) is 1. The first-order valence-corrected chi connectivity index (χ1v) is 10.4. The zero-order valence-corrected chi connectivity index (χ0v) is 16.3. The normalized spacial score (nSPS) is 16.1. The molecular formula is C17H24N4O5S. The molecule has 0 spiro atoms. The van der Waals surface area contributed by atoms with E-state index >= 15 is 0 Å². The number of benzene rings is 1. The Balaban J connectivity index is 1.59. The molecule has 0 atom stereocenters. The highest BCUT2D eigenvalue weighted by atomic mass is 32.2. The molecular weight excluding hydrogens is 372 g/mol. The minimum Gasteiger partial charge on any atom is -0.408 e. The quantitative estimate of drug-likeness (QED) is 0.735. The number of rotatable bonds is 6. The van der Waals surface area contributed by atoms with Gasteiger partial charge in [0.25, 0.3) is 0 Å². The number of piperazine rings is 1. The van der Waals surface area contributed by atoms with Crippen LogP contribution >= 0.6 is 0 Å². The average Bonchev–Trinajstić information content (AvgIpc) is 2.95. The summed E-state index contributed by atoms with van der Waals surface area (Å²) in [5.41, 5.74) is 0.718. The lowest BCUT2D eigenvalue weighted by molar-refractivity contribution is -0.132. The third kappa shape index (κ3) is 4.23. The Labute approximate surface area is 157 Å². The van der Waals surface area contributed by atoms with Crippen molar-refractivity contribution in [3.05, 3.63) is 28.7 Å². The van der Waals surface area contributed by atoms with Crippen LogP contribution in [0.5, 0.6) is 0 Å². The van der Waals surface area contributed by atoms with Gasteiger partial charge in [-0.3, -0.25) is 9.36 Å². The van der Waals surface area contributed by atoms with Gasteiger partial charge in [0.2, 0.25) is 15.9 Å². The minimum absolute atomic E-state index is 0.00615. The van der Waals surface area contributed by atoms with Gasteiger partial charge in [0, 0.05) is 52.3 Å². The van der Waals surface area contributed by atoms with Crippen LogP contribution in [0.25, 0.3) is 11.1 Å². The summed E-state index contributed by atoms with van der Waals surface area (Å²) in [6.45, 7) is 6.10. The molecule has 2 aromatic rings. The van der Waals surface area contributed by atoms with Gasteiger partial charge in [-0.1, -0.05) is 6.92 Å². The Morgan fingerprint density at radius 2 is 1.93 bits per heavy atom. The number of fused-ring (bicyclic) bond motifs is 1. The molecule has 1 N–H and O–H groups in total. The van der Waals surface area contributed by atoms with Crippen molar-refractivity contribution in [3.8, 4) is 0 Å². The maximum atomic E-state index is 12.4. The largest absolute Gasteiger partial charge is 0.419 e. The van der Waals surface area contributed by atoms with Gasteiger partial charge in [-0.05, 0) is 18.7 Å². The van der Waals surface area contributed by atoms with Gasteiger partial charge in [-0.15, -0.1) is 0 Å². The highest BCUT2D eigenvalue weighted by Gasteiger charge is 2.21. The van der Waals surface area contributed by atoms with Gasteiger partial charge in [-0.25, -0.2) is 17.9 Å². The van der Waals surface area contributed by atoms with Gasteiger partial charge in [0.05, 0.1) is 10.4 Å². The Morgan fingerprint density at radius 1 is 1.22 bits per heavy atom. The van der Waals surface area contributed by atoms with Crippen LogP contribution in [0.1, 0.15) is 13.3 Å². The molecule has 1 aromatic heterocycles. The summed E-state index contributed by atoms with van der Waals surface area (Å²) >= 11 is 0. The SMILES string of the molecule is CCN1CCN(C(=O)CCNS(=O)(=O)c2ccc3c(c2)oc(=O)n3C)CC1. The number of nitrogens with zero attached hydrogens (tertiary/aromatic N) is 3. The van der Waals surface area contributed by atoms with E-state index < -0.39 is 15.8 Å². The highest BCUT2D eigenvalue weighted by molar-refractivity contribution is 7.89. The molecule has 1 fully saturated rings. The molecule has 0 unspecified atom stereocenters. The number of aromatic nitrogens is 1. The van der Waals surface area contributed by atoms with Crippen LogP contribution in [0.4, 0.5) is 0 Å². The number of carbonyl (C=O) groups is 1. The fraction of sp³-hybridized carbons (Fsp3) is 0.529. The van der Waals surface area contributed by atoms with Crippen LogP contribution in [0.3, 0.4) is 0 Å². The van der Waals surface area contributed by atoms with E-state index in [9.17, 15) is 18.0 Å². The molecule has 27 heavy (non-hydrogen) atoms. The van der Waals surface area contributed by atoms with Crippen LogP contribution < -0.4 is 10.5 Å². The molecule has 1 aromatic carbocycles. The summed E-state index contributed by atoms with van der Waals surface area (Å²) in [5, 5.41) is 0. The molecule has 1 aliphatic rings. The minimum atomic E-state index is -3.79. The second-order valence-electron chi connectivity index (χ2n) is 6.52. The summed E-state index contributed by atoms with van der Waals surface area (Å²) in [5.74, 6) is -0.612. The van der Waals surface area contributed by atoms with Gasteiger partial charge >= 0.3 is 5.76 Å². The van der Waals surface area contributed by atoms with Crippen LogP contribution in [0.15, 0.2) is 32.3 Å². The number of carbonyl (C=O) groups excluding carboxylic acids is 1. The Bertz CT molecular complexity index is 986. The van der Waals surface area contributed by atoms with E-state index in [0.29, 0.717) is 18.6 Å². The number of amides is 1. The van der Waals surface area contributed by atoms with E-state index in [-0.39, 0.29) is 29.4 Å². The zero-order valence-electron chi connectivity index (χ0n) is 15.5. The summed E-state index contributed by atoms with van der Waals surface area (Å²) in [6, 6.07) is 4.24. The molecule has 1 saturated heterocycles. The van der Waals surface area contributed by atoms with Crippen molar-refractivity contribution in [1.29, 1.82) is 0 Å². The summed E-state index contributed by atoms with van der Waals surface area (Å²) in [7, 11) is -2.25. The third-order valence-corrected chi connectivity index (χ3v) is 6.34. The zero-order chi connectivity index (χ0) is 19.6. The van der Waals surface area contributed by atoms with Gasteiger partial charge < -0.3 is 14.2 Å². The Hall–Kier alpha value is -2.17. The third-order valence-electron chi connectivity index (χ3n) is 4.88. The maximum absolute atomic E-state index is 12.4. The van der Waals surface area contributed by atoms with Crippen molar-refractivity contribution < 1.29 is 17.6 Å². The highest BCUT2D eigenvalue weighted by Crippen LogP contribution is 2.17.